The molecular formula is C24H25N3O5. The first-order chi connectivity index (χ1) is 15.2. The molecule has 1 unspecified atom stereocenters. The zero-order valence-electron chi connectivity index (χ0n) is 17.9. The molecule has 0 saturated carbocycles. The van der Waals surface area contributed by atoms with E-state index in [9.17, 15) is 24.3 Å². The van der Waals surface area contributed by atoms with Gasteiger partial charge in [-0.05, 0) is 35.6 Å². The monoisotopic (exact) mass is 435 g/mol. The van der Waals surface area contributed by atoms with Crippen LogP contribution in [0.2, 0.25) is 0 Å². The van der Waals surface area contributed by atoms with Crippen LogP contribution in [-0.4, -0.2) is 46.8 Å². The molecule has 0 spiro atoms. The minimum Gasteiger partial charge on any atom is -0.481 e. The highest BCUT2D eigenvalue weighted by Crippen LogP contribution is 2.20. The molecule has 3 amide bonds. The van der Waals surface area contributed by atoms with Crippen LogP contribution in [0, 0.1) is 6.92 Å². The van der Waals surface area contributed by atoms with Gasteiger partial charge in [0.1, 0.15) is 0 Å². The van der Waals surface area contributed by atoms with Crippen LogP contribution in [0.3, 0.4) is 0 Å². The molecule has 2 aromatic rings. The highest BCUT2D eigenvalue weighted by atomic mass is 16.4. The largest absolute Gasteiger partial charge is 0.481 e. The molecule has 3 rings (SSSR count). The van der Waals surface area contributed by atoms with E-state index in [0.29, 0.717) is 5.56 Å². The molecule has 8 nitrogen and oxygen atoms in total. The molecule has 1 aliphatic rings. The van der Waals surface area contributed by atoms with Crippen molar-refractivity contribution in [3.05, 3.63) is 83.1 Å². The van der Waals surface area contributed by atoms with Gasteiger partial charge in [-0.25, -0.2) is 4.79 Å². The Morgan fingerprint density at radius 3 is 2.44 bits per heavy atom. The van der Waals surface area contributed by atoms with Crippen molar-refractivity contribution in [3.8, 4) is 0 Å². The van der Waals surface area contributed by atoms with Crippen LogP contribution < -0.4 is 10.6 Å². The Kier molecular flexibility index (Phi) is 7.04. The molecule has 0 aromatic heterocycles. The number of amides is 3. The predicted octanol–water partition coefficient (Wildman–Crippen LogP) is 2.32. The van der Waals surface area contributed by atoms with Crippen LogP contribution in [0.4, 0.5) is 4.79 Å². The number of nitrogens with zero attached hydrogens (tertiary/aromatic N) is 1. The number of urea groups is 1. The van der Waals surface area contributed by atoms with E-state index in [4.69, 9.17) is 0 Å². The molecule has 0 bridgehead atoms. The quantitative estimate of drug-likeness (QED) is 0.578. The van der Waals surface area contributed by atoms with Gasteiger partial charge in [-0.3, -0.25) is 14.4 Å². The maximum Gasteiger partial charge on any atom is 0.316 e. The highest BCUT2D eigenvalue weighted by Gasteiger charge is 2.32. The number of carbonyl (C=O) groups excluding carboxylic acids is 3. The number of rotatable bonds is 7. The smallest absolute Gasteiger partial charge is 0.316 e. The van der Waals surface area contributed by atoms with E-state index >= 15 is 0 Å². The molecule has 0 saturated heterocycles. The summed E-state index contributed by atoms with van der Waals surface area (Å²) in [6.07, 6.45) is 2.91. The van der Waals surface area contributed by atoms with E-state index in [0.717, 1.165) is 12.0 Å². The number of carbonyl (C=O) groups is 4. The van der Waals surface area contributed by atoms with Crippen molar-refractivity contribution in [2.75, 3.05) is 7.05 Å². The van der Waals surface area contributed by atoms with Crippen molar-refractivity contribution in [2.24, 2.45) is 0 Å². The van der Waals surface area contributed by atoms with Crippen LogP contribution in [-0.2, 0) is 20.8 Å². The van der Waals surface area contributed by atoms with Gasteiger partial charge in [-0.2, -0.15) is 0 Å². The Morgan fingerprint density at radius 2 is 1.78 bits per heavy atom. The van der Waals surface area contributed by atoms with Crippen molar-refractivity contribution in [1.29, 1.82) is 0 Å². The Balaban J connectivity index is 1.70. The lowest BCUT2D eigenvalue weighted by Gasteiger charge is -2.25. The van der Waals surface area contributed by atoms with Crippen molar-refractivity contribution >= 4 is 23.7 Å². The van der Waals surface area contributed by atoms with Gasteiger partial charge in [0, 0.05) is 19.3 Å². The van der Waals surface area contributed by atoms with Crippen molar-refractivity contribution in [2.45, 2.75) is 31.8 Å². The van der Waals surface area contributed by atoms with Gasteiger partial charge >= 0.3 is 12.0 Å². The molecule has 32 heavy (non-hydrogen) atoms. The molecule has 1 aliphatic heterocycles. The summed E-state index contributed by atoms with van der Waals surface area (Å²) < 4.78 is 0. The number of hydrogen-bond acceptors (Lipinski definition) is 4. The van der Waals surface area contributed by atoms with Crippen LogP contribution in [0.1, 0.15) is 34.7 Å². The minimum absolute atomic E-state index is 0.350. The lowest BCUT2D eigenvalue weighted by molar-refractivity contribution is -0.138. The number of carboxylic acids is 1. The van der Waals surface area contributed by atoms with Gasteiger partial charge < -0.3 is 20.6 Å². The van der Waals surface area contributed by atoms with Crippen LogP contribution in [0.5, 0.6) is 0 Å². The average Bonchev–Trinajstić information content (AvgIpc) is 2.75. The fourth-order valence-corrected chi connectivity index (χ4v) is 3.47. The zero-order chi connectivity index (χ0) is 23.3. The van der Waals surface area contributed by atoms with Gasteiger partial charge in [0.2, 0.25) is 0 Å². The average molecular weight is 435 g/mol. The van der Waals surface area contributed by atoms with Crippen LogP contribution >= 0.6 is 0 Å². The summed E-state index contributed by atoms with van der Waals surface area (Å²) in [7, 11) is 1.48. The second-order valence-electron chi connectivity index (χ2n) is 7.71. The van der Waals surface area contributed by atoms with E-state index in [1.54, 1.807) is 12.1 Å². The maximum absolute atomic E-state index is 12.5. The number of aliphatic carboxylic acids is 1. The van der Waals surface area contributed by atoms with Gasteiger partial charge in [-0.1, -0.05) is 48.5 Å². The third-order valence-electron chi connectivity index (χ3n) is 5.34. The maximum atomic E-state index is 12.5. The Bertz CT molecular complexity index is 1060. The van der Waals surface area contributed by atoms with Crippen molar-refractivity contribution in [3.63, 3.8) is 0 Å². The SMILES string of the molecule is Cc1ccccc1Cc1ccc([C@H](CC(=O)O)NC(=O)NC2C(=O)C=CN(C)C2=O)cc1. The first-order valence-electron chi connectivity index (χ1n) is 10.2. The van der Waals surface area contributed by atoms with Crippen molar-refractivity contribution in [1.82, 2.24) is 15.5 Å². The first-order valence-corrected chi connectivity index (χ1v) is 10.2. The Morgan fingerprint density at radius 1 is 1.09 bits per heavy atom. The number of likely N-dealkylation sites (N-methyl/N-ethyl adjacent to an activating group) is 1. The topological polar surface area (TPSA) is 116 Å². The summed E-state index contributed by atoms with van der Waals surface area (Å²) in [5.41, 5.74) is 4.04. The second kappa shape index (κ2) is 9.91. The number of aryl methyl sites for hydroxylation is 1. The van der Waals surface area contributed by atoms with Gasteiger partial charge in [0.05, 0.1) is 12.5 Å². The normalized spacial score (nSPS) is 16.6. The molecule has 0 fully saturated rings. The van der Waals surface area contributed by atoms with Crippen LogP contribution in [0.25, 0.3) is 0 Å². The van der Waals surface area contributed by atoms with Gasteiger partial charge in [-0.15, -0.1) is 0 Å². The zero-order valence-corrected chi connectivity index (χ0v) is 17.9. The fourth-order valence-electron chi connectivity index (χ4n) is 3.47. The molecule has 2 aromatic carbocycles. The van der Waals surface area contributed by atoms with E-state index in [-0.39, 0.29) is 6.42 Å². The Hall–Kier alpha value is -3.94. The molecule has 1 heterocycles. The third kappa shape index (κ3) is 5.60. The Labute approximate surface area is 185 Å². The summed E-state index contributed by atoms with van der Waals surface area (Å²) in [6, 6.07) is 12.4. The minimum atomic E-state index is -1.34. The third-order valence-corrected chi connectivity index (χ3v) is 5.34. The number of nitrogens with one attached hydrogen (secondary N) is 2. The van der Waals surface area contributed by atoms with Crippen LogP contribution in [0.15, 0.2) is 60.8 Å². The van der Waals surface area contributed by atoms with Gasteiger partial charge in [0.15, 0.2) is 11.8 Å². The molecule has 2 atom stereocenters. The lowest BCUT2D eigenvalue weighted by atomic mass is 9.97. The number of ketones is 1. The van der Waals surface area contributed by atoms with E-state index in [1.165, 1.54) is 35.4 Å². The second-order valence-corrected chi connectivity index (χ2v) is 7.71. The summed E-state index contributed by atoms with van der Waals surface area (Å²) in [6.45, 7) is 2.05. The van der Waals surface area contributed by atoms with Gasteiger partial charge in [0.25, 0.3) is 5.91 Å². The van der Waals surface area contributed by atoms with Crippen molar-refractivity contribution < 1.29 is 24.3 Å². The highest BCUT2D eigenvalue weighted by molar-refractivity contribution is 6.14. The first kappa shape index (κ1) is 22.7. The summed E-state index contributed by atoms with van der Waals surface area (Å²) in [4.78, 5) is 49.1. The predicted molar refractivity (Wildman–Crippen MR) is 118 cm³/mol. The summed E-state index contributed by atoms with van der Waals surface area (Å²) in [5, 5.41) is 14.2. The van der Waals surface area contributed by atoms with E-state index in [2.05, 4.69) is 16.7 Å². The number of carboxylic acid groups (broad SMARTS) is 1. The fraction of sp³-hybridized carbons (Fsp3) is 0.250. The number of benzene rings is 2. The number of hydrogen-bond donors (Lipinski definition) is 3. The standard InChI is InChI=1S/C24H25N3O5/c1-15-5-3-4-6-18(15)13-16-7-9-17(10-8-16)19(14-21(29)30)25-24(32)26-22-20(28)11-12-27(2)23(22)31/h3-12,19,22H,13-14H2,1-2H3,(H,29,30)(H2,25,26,32)/t19-,22?/m0/s1. The molecule has 166 valence electrons. The molecule has 0 aliphatic carbocycles. The molecular weight excluding hydrogens is 410 g/mol. The van der Waals surface area contributed by atoms with E-state index in [1.807, 2.05) is 37.3 Å². The molecule has 8 heteroatoms. The lowest BCUT2D eigenvalue weighted by Crippen LogP contribution is -2.55. The summed E-state index contributed by atoms with van der Waals surface area (Å²) >= 11 is 0. The molecule has 0 radical (unpaired) electrons. The summed E-state index contributed by atoms with van der Waals surface area (Å²) in [5.74, 6) is -2.20. The molecule has 3 N–H and O–H groups in total. The van der Waals surface area contributed by atoms with E-state index < -0.39 is 35.8 Å².